The Morgan fingerprint density at radius 2 is 0.672 bits per heavy atom. The van der Waals surface area contributed by atoms with E-state index >= 15 is 0 Å². The van der Waals surface area contributed by atoms with Crippen molar-refractivity contribution in [3.05, 3.63) is 0 Å². The smallest absolute Gasteiger partial charge is 0.722 e. The van der Waals surface area contributed by atoms with E-state index in [1.807, 2.05) is 0 Å². The second kappa shape index (κ2) is 29.8. The molecule has 4 rings (SSSR count). The number of hydrogen-bond donors (Lipinski definition) is 0. The number of ether oxygens (including phenoxy) is 12. The Morgan fingerprint density at radius 3 is 0.940 bits per heavy atom. The van der Waals surface area contributed by atoms with Crippen molar-refractivity contribution in [1.82, 2.24) is 0 Å². The molecule has 0 N–H and O–H groups in total. The predicted molar refractivity (Wildman–Crippen MR) is 229 cm³/mol. The summed E-state index contributed by atoms with van der Waals surface area (Å²) in [5, 5.41) is -0.217. The zero-order chi connectivity index (χ0) is 49.1. The molecular formula is C42H60HgN2O20S2. The third-order valence-electron chi connectivity index (χ3n) is 10.0. The van der Waals surface area contributed by atoms with E-state index in [0.717, 1.165) is 106 Å². The van der Waals surface area contributed by atoms with E-state index in [1.54, 1.807) is 0 Å². The largest absolute Gasteiger partial charge is 2.00 e. The first-order valence-corrected chi connectivity index (χ1v) is 22.4. The Hall–Kier alpha value is -4.00. The molecule has 0 spiro atoms. The van der Waals surface area contributed by atoms with Crippen molar-refractivity contribution in [2.24, 2.45) is 9.98 Å². The van der Waals surface area contributed by atoms with E-state index in [4.69, 9.17) is 82.1 Å². The average Bonchev–Trinajstić information content (AvgIpc) is 3.21. The monoisotopic (exact) mass is 1180 g/mol. The zero-order valence-electron chi connectivity index (χ0n) is 39.0. The van der Waals surface area contributed by atoms with Crippen LogP contribution in [0.2, 0.25) is 0 Å². The third-order valence-corrected chi connectivity index (χ3v) is 10.4. The molecule has 0 aromatic rings. The Morgan fingerprint density at radius 1 is 0.403 bits per heavy atom. The molecule has 22 nitrogen and oxygen atoms in total. The number of aliphatic imine (C=N–C) groups is 2. The molecule has 0 aromatic carbocycles. The molecule has 0 radical (unpaired) electrons. The van der Waals surface area contributed by atoms with Crippen LogP contribution < -0.4 is 0 Å². The molecule has 372 valence electrons. The molecule has 2 heterocycles. The van der Waals surface area contributed by atoms with Crippen molar-refractivity contribution < 1.29 is 123 Å². The van der Waals surface area contributed by atoms with E-state index in [-0.39, 0.29) is 63.6 Å². The SMILES string of the molecule is CC(=O)OC[C@H]1O[C@@H](N=C([S-])OC2CCCCC2)[C@H](OC(C)=O)[C@@H](OC(C)=O)[C@@H]1OC(C)=O.CC(=O)OC[C@H]1O[C@@H](N=C([S-])OC2CCCCC2)[C@H](OC(C)=O)[C@@H](OC(C)=O)[C@@H]1OC(C)=O.[Hg+2]. The van der Waals surface area contributed by atoms with Crippen LogP contribution in [0.15, 0.2) is 9.98 Å². The Bertz CT molecular complexity index is 1630. The Balaban J connectivity index is 0.000000453. The van der Waals surface area contributed by atoms with Crippen LogP contribution in [0.1, 0.15) is 120 Å². The van der Waals surface area contributed by atoms with Crippen LogP contribution in [0, 0.1) is 0 Å². The minimum Gasteiger partial charge on any atom is -0.722 e. The fourth-order valence-electron chi connectivity index (χ4n) is 7.54. The summed E-state index contributed by atoms with van der Waals surface area (Å²) in [6, 6.07) is 0. The summed E-state index contributed by atoms with van der Waals surface area (Å²) in [4.78, 5) is 102. The molecule has 4 fully saturated rings. The molecule has 0 unspecified atom stereocenters. The number of hydrogen-bond acceptors (Lipinski definition) is 24. The summed E-state index contributed by atoms with van der Waals surface area (Å²) in [7, 11) is 0. The standard InChI is InChI=1S/2C21H31NO10S.Hg/c2*1-11(23)27-10-16-17(28-12(2)24)18(29-13(3)25)19(30-14(4)26)20(32-16)22-21(33)31-15-8-6-5-7-9-15;/h2*15-20H,5-10H2,1-4H3,(H,22,33);/q;;+2/p-2/t2*16-,17-,18+,19-,20-;/m11./s1. The predicted octanol–water partition coefficient (Wildman–Crippen LogP) is 2.64. The molecule has 2 aliphatic heterocycles. The van der Waals surface area contributed by atoms with E-state index in [0.29, 0.717) is 0 Å². The van der Waals surface area contributed by atoms with Gasteiger partial charge in [-0.3, -0.25) is 38.4 Å². The summed E-state index contributed by atoms with van der Waals surface area (Å²) in [5.74, 6) is -5.47. The van der Waals surface area contributed by atoms with Crippen LogP contribution in [0.3, 0.4) is 0 Å². The zero-order valence-corrected chi connectivity index (χ0v) is 46.1. The minimum atomic E-state index is -1.30. The van der Waals surface area contributed by atoms with Crippen molar-refractivity contribution in [3.63, 3.8) is 0 Å². The van der Waals surface area contributed by atoms with Crippen LogP contribution in [-0.2, 0) is 148 Å². The second-order valence-electron chi connectivity index (χ2n) is 15.7. The first kappa shape index (κ1) is 59.1. The van der Waals surface area contributed by atoms with Gasteiger partial charge in [-0.15, -0.1) is 0 Å². The molecule has 4 aliphatic rings. The van der Waals surface area contributed by atoms with Crippen LogP contribution in [0.25, 0.3) is 0 Å². The maximum absolute atomic E-state index is 11.8. The van der Waals surface area contributed by atoms with Crippen LogP contribution >= 0.6 is 0 Å². The summed E-state index contributed by atoms with van der Waals surface area (Å²) < 4.78 is 65.3. The Labute approximate surface area is 420 Å². The second-order valence-corrected chi connectivity index (χ2v) is 16.4. The summed E-state index contributed by atoms with van der Waals surface area (Å²) in [6.07, 6.45) is -2.81. The molecule has 0 bridgehead atoms. The number of carbonyl (C=O) groups excluding carboxylic acids is 8. The van der Waals surface area contributed by atoms with E-state index < -0.39 is 109 Å². The van der Waals surface area contributed by atoms with Crippen molar-refractivity contribution in [3.8, 4) is 0 Å². The van der Waals surface area contributed by atoms with Gasteiger partial charge in [0.05, 0.1) is 22.7 Å². The van der Waals surface area contributed by atoms with Crippen molar-refractivity contribution in [1.29, 1.82) is 0 Å². The van der Waals surface area contributed by atoms with Crippen LogP contribution in [-0.4, -0.2) is 145 Å². The minimum absolute atomic E-state index is 0. The maximum Gasteiger partial charge on any atom is 2.00 e. The summed E-state index contributed by atoms with van der Waals surface area (Å²) in [5.41, 5.74) is 0. The normalized spacial score (nSPS) is 27.9. The molecule has 2 aliphatic carbocycles. The topological polar surface area (TPSA) is 272 Å². The molecule has 2 saturated heterocycles. The molecule has 25 heteroatoms. The number of nitrogens with zero attached hydrogens (tertiary/aromatic N) is 2. The van der Waals surface area contributed by atoms with Gasteiger partial charge in [-0.25, -0.2) is 9.98 Å². The van der Waals surface area contributed by atoms with Crippen LogP contribution in [0.4, 0.5) is 0 Å². The van der Waals surface area contributed by atoms with Gasteiger partial charge in [0.1, 0.15) is 25.4 Å². The van der Waals surface area contributed by atoms with Gasteiger partial charge in [-0.2, -0.15) is 0 Å². The van der Waals surface area contributed by atoms with Gasteiger partial charge in [0.15, 0.2) is 49.1 Å². The summed E-state index contributed by atoms with van der Waals surface area (Å²) in [6.45, 7) is 8.64. The van der Waals surface area contributed by atoms with Gasteiger partial charge in [0.25, 0.3) is 0 Å². The van der Waals surface area contributed by atoms with E-state index in [9.17, 15) is 38.4 Å². The molecule has 0 aromatic heterocycles. The third kappa shape index (κ3) is 21.5. The summed E-state index contributed by atoms with van der Waals surface area (Å²) >= 11 is 10.5. The number of carbonyl (C=O) groups is 8. The van der Waals surface area contributed by atoms with Gasteiger partial charge in [-0.05, 0) is 51.4 Å². The first-order valence-electron chi connectivity index (χ1n) is 21.6. The fourth-order valence-corrected chi connectivity index (χ4v) is 8.02. The van der Waals surface area contributed by atoms with Gasteiger partial charge in [-0.1, -0.05) is 12.8 Å². The van der Waals surface area contributed by atoms with E-state index in [1.165, 1.54) is 13.8 Å². The van der Waals surface area contributed by atoms with Crippen molar-refractivity contribution >= 4 is 83.5 Å². The molecule has 10 atom stereocenters. The quantitative estimate of drug-likeness (QED) is 0.0604. The molecule has 2 saturated carbocycles. The van der Waals surface area contributed by atoms with Gasteiger partial charge < -0.3 is 82.1 Å². The van der Waals surface area contributed by atoms with Gasteiger partial charge in [0.2, 0.25) is 0 Å². The molecule has 67 heavy (non-hydrogen) atoms. The fraction of sp³-hybridized carbons (Fsp3) is 0.762. The van der Waals surface area contributed by atoms with Gasteiger partial charge >= 0.3 is 75.4 Å². The van der Waals surface area contributed by atoms with Crippen molar-refractivity contribution in [2.75, 3.05) is 13.2 Å². The Kier molecular flexibility index (Phi) is 26.3. The van der Waals surface area contributed by atoms with E-state index in [2.05, 4.69) is 9.98 Å². The first-order chi connectivity index (χ1) is 31.1. The molecule has 0 amide bonds. The molecular weight excluding hydrogens is 1120 g/mol. The average molecular weight is 1180 g/mol. The number of esters is 8. The van der Waals surface area contributed by atoms with Gasteiger partial charge in [0, 0.05) is 55.4 Å². The van der Waals surface area contributed by atoms with Crippen molar-refractivity contribution in [2.45, 2.75) is 193 Å². The number of rotatable bonds is 14. The maximum atomic E-state index is 11.8. The van der Waals surface area contributed by atoms with Crippen LogP contribution in [0.5, 0.6) is 0 Å².